The Morgan fingerprint density at radius 3 is 2.12 bits per heavy atom. The van der Waals surface area contributed by atoms with Crippen molar-refractivity contribution >= 4 is 52.1 Å². The van der Waals surface area contributed by atoms with Crippen molar-refractivity contribution in [3.05, 3.63) is 123 Å². The molecule has 0 spiro atoms. The number of thiophene rings is 1. The van der Waals surface area contributed by atoms with Crippen LogP contribution in [0.1, 0.15) is 97.1 Å². The van der Waals surface area contributed by atoms with E-state index in [-0.39, 0.29) is 25.1 Å². The summed E-state index contributed by atoms with van der Waals surface area (Å²) in [5, 5.41) is 35.0. The van der Waals surface area contributed by atoms with Gasteiger partial charge in [0.25, 0.3) is 0 Å². The van der Waals surface area contributed by atoms with Crippen molar-refractivity contribution in [2.24, 2.45) is 10.4 Å². The first-order chi connectivity index (χ1) is 32.6. The van der Waals surface area contributed by atoms with Crippen LogP contribution in [0.5, 0.6) is 5.75 Å². The Hall–Kier alpha value is -6.70. The highest BCUT2D eigenvalue weighted by Crippen LogP contribution is 2.40. The van der Waals surface area contributed by atoms with Gasteiger partial charge >= 0.3 is 18.0 Å². The lowest BCUT2D eigenvalue weighted by Gasteiger charge is -2.36. The Labute approximate surface area is 405 Å². The van der Waals surface area contributed by atoms with Gasteiger partial charge in [-0.25, -0.2) is 4.98 Å². The summed E-state index contributed by atoms with van der Waals surface area (Å²) in [5.74, 6) is -3.47. The number of nitrogens with zero attached hydrogens (tertiary/aromatic N) is 6. The number of thiazole rings is 1. The number of β-amino-alcohol motifs (C(OH)–C–C–N with tert-alkyl or cyclic N) is 1. The number of amides is 3. The number of aliphatic hydroxyl groups excluding tert-OH is 1. The van der Waals surface area contributed by atoms with Gasteiger partial charge in [-0.2, -0.15) is 8.78 Å². The van der Waals surface area contributed by atoms with E-state index in [2.05, 4.69) is 25.8 Å². The largest absolute Gasteiger partial charge is 0.482 e. The molecule has 5 heterocycles. The Bertz CT molecular complexity index is 2960. The average molecular weight is 979 g/mol. The topological polar surface area (TPSA) is 201 Å². The molecule has 19 heteroatoms. The minimum absolute atomic E-state index is 0.0804. The van der Waals surface area contributed by atoms with Crippen molar-refractivity contribution in [3.63, 3.8) is 0 Å². The van der Waals surface area contributed by atoms with E-state index in [4.69, 9.17) is 9.73 Å². The van der Waals surface area contributed by atoms with Crippen LogP contribution in [-0.2, 0) is 19.2 Å². The summed E-state index contributed by atoms with van der Waals surface area (Å²) >= 11 is 3.08. The highest BCUT2D eigenvalue weighted by Gasteiger charge is 2.49. The molecule has 8 rings (SSSR count). The number of halogens is 2. The standard InChI is InChI=1S/C50H52F2N8O7S2/c1-25-28(4)69-47-40(25)41(55-37(22-39(62)63)44-58-57-29(5)60(44)47)33-13-11-31(12-14-33)32-17-19-36(20-18-32)67-50(51,52)48(66)56-43(49(6,7)8)46(65)59-23-35(61)21-38(59)45(64)54-26(2)30-9-15-34(16-10-30)42-27(3)53-24-68-42/h9-20,24,26,35,37-38,43,61H,21-23H2,1-8H3,(H,54,64)(H,56,66)(H,62,63)/t26-,35+,37-,38-,43+/m0/s1. The number of carboxylic acid groups (broad SMARTS) is 1. The molecule has 0 unspecified atom stereocenters. The van der Waals surface area contributed by atoms with Gasteiger partial charge in [0.2, 0.25) is 11.8 Å². The molecule has 3 aromatic carbocycles. The van der Waals surface area contributed by atoms with E-state index in [9.17, 15) is 29.4 Å². The van der Waals surface area contributed by atoms with Crippen LogP contribution in [-0.4, -0.2) is 95.1 Å². The van der Waals surface area contributed by atoms with Gasteiger partial charge in [0.15, 0.2) is 5.82 Å². The van der Waals surface area contributed by atoms with Crippen molar-refractivity contribution in [3.8, 4) is 32.3 Å². The predicted molar refractivity (Wildman–Crippen MR) is 258 cm³/mol. The zero-order valence-corrected chi connectivity index (χ0v) is 40.8. The molecular formula is C50H52F2N8O7S2. The van der Waals surface area contributed by atoms with Crippen LogP contribution in [0.25, 0.3) is 26.6 Å². The zero-order chi connectivity index (χ0) is 49.7. The Balaban J connectivity index is 0.935. The molecule has 360 valence electrons. The molecule has 1 saturated heterocycles. The second kappa shape index (κ2) is 19.0. The third-order valence-corrected chi connectivity index (χ3v) is 14.7. The minimum atomic E-state index is -4.42. The fourth-order valence-electron chi connectivity index (χ4n) is 8.65. The molecule has 0 saturated carbocycles. The molecule has 2 aliphatic rings. The second-order valence-electron chi connectivity index (χ2n) is 18.5. The first-order valence-corrected chi connectivity index (χ1v) is 24.0. The maximum atomic E-state index is 15.7. The van der Waals surface area contributed by atoms with Crippen molar-refractivity contribution in [2.75, 3.05) is 6.54 Å². The van der Waals surface area contributed by atoms with Gasteiger partial charge in [-0.3, -0.25) is 28.7 Å². The number of aliphatic imine (C=N–C) groups is 1. The third kappa shape index (κ3) is 9.93. The summed E-state index contributed by atoms with van der Waals surface area (Å²) in [6.07, 6.45) is -5.84. The van der Waals surface area contributed by atoms with Gasteiger partial charge in [-0.05, 0) is 80.0 Å². The maximum absolute atomic E-state index is 15.7. The number of hydrogen-bond donors (Lipinski definition) is 4. The van der Waals surface area contributed by atoms with Crippen LogP contribution in [0.15, 0.2) is 83.3 Å². The number of aliphatic hydroxyl groups is 1. The highest BCUT2D eigenvalue weighted by molar-refractivity contribution is 7.15. The van der Waals surface area contributed by atoms with Gasteiger partial charge < -0.3 is 30.5 Å². The number of alkyl halides is 2. The summed E-state index contributed by atoms with van der Waals surface area (Å²) in [7, 11) is 0. The predicted octanol–water partition coefficient (Wildman–Crippen LogP) is 8.06. The number of fused-ring (bicyclic) bond motifs is 3. The van der Waals surface area contributed by atoms with Crippen LogP contribution < -0.4 is 15.4 Å². The molecule has 2 aliphatic heterocycles. The molecule has 5 atom stereocenters. The van der Waals surface area contributed by atoms with Gasteiger partial charge in [0.1, 0.15) is 34.7 Å². The molecule has 6 aromatic rings. The number of benzene rings is 3. The number of aromatic nitrogens is 4. The smallest absolute Gasteiger partial charge is 0.481 e. The van der Waals surface area contributed by atoms with E-state index in [1.165, 1.54) is 23.5 Å². The average Bonchev–Trinajstić information content (AvgIpc) is 4.07. The number of hydrogen-bond acceptors (Lipinski definition) is 12. The lowest BCUT2D eigenvalue weighted by Crippen LogP contribution is -2.60. The maximum Gasteiger partial charge on any atom is 0.482 e. The lowest BCUT2D eigenvalue weighted by atomic mass is 9.85. The number of aliphatic carboxylic acids is 1. The molecule has 1 fully saturated rings. The summed E-state index contributed by atoms with van der Waals surface area (Å²) in [5.41, 5.74) is 7.97. The summed E-state index contributed by atoms with van der Waals surface area (Å²) in [6, 6.07) is 16.9. The number of likely N-dealkylation sites (tertiary alicyclic amines) is 1. The SMILES string of the molecule is Cc1ncsc1-c1ccc([C@H](C)NC(=O)[C@@H]2C[C@@H](O)CN2C(=O)[C@@H](NC(=O)C(F)(F)Oc2ccc(-c3ccc(C4=N[C@@H](CC(=O)O)c5nnc(C)n5-c5sc(C)c(C)c54)cc3)cc2)C(C)(C)C)cc1. The van der Waals surface area contributed by atoms with Gasteiger partial charge in [0, 0.05) is 29.0 Å². The molecule has 0 bridgehead atoms. The number of ether oxygens (including phenoxy) is 1. The quantitative estimate of drug-likeness (QED) is 0.0877. The van der Waals surface area contributed by atoms with E-state index in [1.54, 1.807) is 56.7 Å². The monoisotopic (exact) mass is 978 g/mol. The molecule has 3 amide bonds. The van der Waals surface area contributed by atoms with E-state index >= 15 is 8.78 Å². The Kier molecular flexibility index (Phi) is 13.4. The van der Waals surface area contributed by atoms with Crippen molar-refractivity contribution < 1.29 is 42.9 Å². The van der Waals surface area contributed by atoms with Gasteiger partial charge in [0.05, 0.1) is 40.4 Å². The summed E-state index contributed by atoms with van der Waals surface area (Å²) < 4.78 is 38.2. The van der Waals surface area contributed by atoms with Crippen LogP contribution in [0.3, 0.4) is 0 Å². The normalized spacial score (nSPS) is 17.8. The van der Waals surface area contributed by atoms with E-state index in [0.29, 0.717) is 22.9 Å². The number of aryl methyl sites for hydroxylation is 3. The number of carbonyl (C=O) groups is 4. The number of carboxylic acids is 1. The molecule has 0 radical (unpaired) electrons. The molecular weight excluding hydrogens is 927 g/mol. The number of nitrogens with one attached hydrogen (secondary N) is 2. The lowest BCUT2D eigenvalue weighted by molar-refractivity contribution is -0.194. The van der Waals surface area contributed by atoms with E-state index in [0.717, 1.165) is 58.7 Å². The first-order valence-electron chi connectivity index (χ1n) is 22.3. The summed E-state index contributed by atoms with van der Waals surface area (Å²) in [6.45, 7) is 14.1. The van der Waals surface area contributed by atoms with Gasteiger partial charge in [-0.15, -0.1) is 32.9 Å². The van der Waals surface area contributed by atoms with Crippen LogP contribution in [0.4, 0.5) is 8.78 Å². The molecule has 3 aromatic heterocycles. The molecule has 15 nitrogen and oxygen atoms in total. The van der Waals surface area contributed by atoms with Crippen molar-refractivity contribution in [1.82, 2.24) is 35.3 Å². The minimum Gasteiger partial charge on any atom is -0.481 e. The van der Waals surface area contributed by atoms with Crippen LogP contribution in [0, 0.1) is 33.1 Å². The van der Waals surface area contributed by atoms with E-state index < -0.39 is 65.5 Å². The van der Waals surface area contributed by atoms with Crippen molar-refractivity contribution in [2.45, 2.75) is 105 Å². The zero-order valence-electron chi connectivity index (χ0n) is 39.2. The highest BCUT2D eigenvalue weighted by atomic mass is 32.1. The molecule has 0 aliphatic carbocycles. The molecule has 69 heavy (non-hydrogen) atoms. The third-order valence-electron chi connectivity index (χ3n) is 12.5. The summed E-state index contributed by atoms with van der Waals surface area (Å²) in [4.78, 5) is 65.7. The van der Waals surface area contributed by atoms with Crippen LogP contribution in [0.2, 0.25) is 0 Å². The van der Waals surface area contributed by atoms with Gasteiger partial charge in [-0.1, -0.05) is 81.4 Å². The van der Waals surface area contributed by atoms with Crippen LogP contribution >= 0.6 is 22.7 Å². The number of rotatable bonds is 13. The first kappa shape index (κ1) is 48.7. The number of carbonyl (C=O) groups excluding carboxylic acids is 3. The Morgan fingerprint density at radius 1 is 0.884 bits per heavy atom. The van der Waals surface area contributed by atoms with E-state index in [1.807, 2.05) is 80.8 Å². The fourth-order valence-corrected chi connectivity index (χ4v) is 10.7. The second-order valence-corrected chi connectivity index (χ2v) is 20.6. The van der Waals surface area contributed by atoms with Crippen molar-refractivity contribution in [1.29, 1.82) is 0 Å². The molecule has 4 N–H and O–H groups in total. The fraction of sp³-hybridized carbons (Fsp3) is 0.360. The Morgan fingerprint density at radius 2 is 1.51 bits per heavy atom.